The fourth-order valence-electron chi connectivity index (χ4n) is 2.47. The van der Waals surface area contributed by atoms with Crippen molar-refractivity contribution in [2.24, 2.45) is 0 Å². The van der Waals surface area contributed by atoms with Crippen molar-refractivity contribution in [3.8, 4) is 0 Å². The Morgan fingerprint density at radius 1 is 0.885 bits per heavy atom. The van der Waals surface area contributed by atoms with E-state index in [1.807, 2.05) is 30.3 Å². The second-order valence-corrected chi connectivity index (χ2v) is 6.96. The summed E-state index contributed by atoms with van der Waals surface area (Å²) in [5.74, 6) is 0.234. The van der Waals surface area contributed by atoms with E-state index in [9.17, 15) is 9.59 Å². The summed E-state index contributed by atoms with van der Waals surface area (Å²) in [6.45, 7) is 3.50. The average molecular weight is 418 g/mol. The Morgan fingerprint density at radius 3 is 2.19 bits per heavy atom. The summed E-state index contributed by atoms with van der Waals surface area (Å²) < 4.78 is 0.925. The molecule has 0 saturated heterocycles. The predicted octanol–water partition coefficient (Wildman–Crippen LogP) is 3.67. The van der Waals surface area contributed by atoms with Crippen LogP contribution < -0.4 is 16.0 Å². The zero-order chi connectivity index (χ0) is 18.8. The first-order valence-electron chi connectivity index (χ1n) is 8.66. The molecule has 0 heterocycles. The van der Waals surface area contributed by atoms with Crippen molar-refractivity contribution in [1.29, 1.82) is 0 Å². The van der Waals surface area contributed by atoms with Crippen LogP contribution in [-0.2, 0) is 0 Å². The summed E-state index contributed by atoms with van der Waals surface area (Å²) in [6.07, 6.45) is 0.873. The molecule has 138 valence electrons. The summed E-state index contributed by atoms with van der Waals surface area (Å²) in [5.41, 5.74) is 1.86. The van der Waals surface area contributed by atoms with E-state index in [0.717, 1.165) is 10.9 Å². The Balaban J connectivity index is 1.57. The molecule has 0 aliphatic rings. The van der Waals surface area contributed by atoms with Gasteiger partial charge in [0.15, 0.2) is 0 Å². The van der Waals surface area contributed by atoms with Crippen LogP contribution in [-0.4, -0.2) is 31.6 Å². The molecular weight excluding hydrogens is 394 g/mol. The maximum absolute atomic E-state index is 11.9. The number of halogens is 1. The molecule has 0 bridgehead atoms. The predicted molar refractivity (Wildman–Crippen MR) is 107 cm³/mol. The molecule has 2 aromatic carbocycles. The van der Waals surface area contributed by atoms with Gasteiger partial charge < -0.3 is 16.0 Å². The van der Waals surface area contributed by atoms with Crippen molar-refractivity contribution < 1.29 is 9.59 Å². The lowest BCUT2D eigenvalue weighted by atomic mass is 9.98. The fraction of sp³-hybridized carbons (Fsp3) is 0.300. The molecule has 2 rings (SSSR count). The number of benzene rings is 2. The number of hydrogen-bond acceptors (Lipinski definition) is 2. The number of amides is 3. The topological polar surface area (TPSA) is 70.2 Å². The number of urea groups is 1. The van der Waals surface area contributed by atoms with Gasteiger partial charge in [0.1, 0.15) is 0 Å². The fourth-order valence-corrected chi connectivity index (χ4v) is 2.73. The largest absolute Gasteiger partial charge is 0.350 e. The van der Waals surface area contributed by atoms with Crippen molar-refractivity contribution in [2.75, 3.05) is 19.6 Å². The van der Waals surface area contributed by atoms with Gasteiger partial charge in [0.05, 0.1) is 0 Å². The Hall–Kier alpha value is -2.34. The van der Waals surface area contributed by atoms with E-state index in [0.29, 0.717) is 31.1 Å². The van der Waals surface area contributed by atoms with Crippen LogP contribution >= 0.6 is 15.9 Å². The minimum atomic E-state index is -0.219. The Morgan fingerprint density at radius 2 is 1.50 bits per heavy atom. The molecule has 6 heteroatoms. The third kappa shape index (κ3) is 6.88. The van der Waals surface area contributed by atoms with Gasteiger partial charge in [-0.25, -0.2) is 4.79 Å². The van der Waals surface area contributed by atoms with Crippen LogP contribution in [0.1, 0.15) is 35.2 Å². The number of nitrogens with one attached hydrogen (secondary N) is 3. The maximum Gasteiger partial charge on any atom is 0.314 e. The van der Waals surface area contributed by atoms with Gasteiger partial charge in [0.2, 0.25) is 0 Å². The highest BCUT2D eigenvalue weighted by atomic mass is 79.9. The molecule has 3 amide bonds. The third-order valence-corrected chi connectivity index (χ3v) is 4.56. The van der Waals surface area contributed by atoms with E-state index in [2.05, 4.69) is 50.9 Å². The molecule has 3 N–H and O–H groups in total. The SMILES string of the molecule is CC(CCNC(=O)NCCNC(=O)c1ccc(Br)cc1)c1ccccc1. The zero-order valence-electron chi connectivity index (χ0n) is 14.8. The van der Waals surface area contributed by atoms with E-state index >= 15 is 0 Å². The number of rotatable bonds is 8. The van der Waals surface area contributed by atoms with E-state index in [4.69, 9.17) is 0 Å². The maximum atomic E-state index is 11.9. The smallest absolute Gasteiger partial charge is 0.314 e. The van der Waals surface area contributed by atoms with Crippen LogP contribution in [0.4, 0.5) is 4.79 Å². The monoisotopic (exact) mass is 417 g/mol. The van der Waals surface area contributed by atoms with Gasteiger partial charge in [-0.15, -0.1) is 0 Å². The first-order valence-corrected chi connectivity index (χ1v) is 9.46. The summed E-state index contributed by atoms with van der Waals surface area (Å²) in [7, 11) is 0. The molecule has 0 fully saturated rings. The molecule has 1 atom stereocenters. The Bertz CT molecular complexity index is 705. The van der Waals surface area contributed by atoms with E-state index < -0.39 is 0 Å². The minimum absolute atomic E-state index is 0.156. The molecule has 0 aliphatic heterocycles. The van der Waals surface area contributed by atoms with Gasteiger partial charge in [-0.3, -0.25) is 4.79 Å². The van der Waals surface area contributed by atoms with Gasteiger partial charge >= 0.3 is 6.03 Å². The molecule has 0 saturated carbocycles. The van der Waals surface area contributed by atoms with Crippen molar-refractivity contribution >= 4 is 27.9 Å². The normalized spacial score (nSPS) is 11.5. The zero-order valence-corrected chi connectivity index (χ0v) is 16.4. The summed E-state index contributed by atoms with van der Waals surface area (Å²) >= 11 is 3.33. The second-order valence-electron chi connectivity index (χ2n) is 6.05. The Labute approximate surface area is 162 Å². The van der Waals surface area contributed by atoms with Gasteiger partial charge in [0, 0.05) is 29.7 Å². The first kappa shape index (κ1) is 20.0. The van der Waals surface area contributed by atoms with Gasteiger partial charge in [-0.05, 0) is 42.2 Å². The van der Waals surface area contributed by atoms with Gasteiger partial charge in [-0.2, -0.15) is 0 Å². The molecule has 26 heavy (non-hydrogen) atoms. The Kier molecular flexibility index (Phi) is 8.15. The quantitative estimate of drug-likeness (QED) is 0.573. The van der Waals surface area contributed by atoms with Crippen molar-refractivity contribution in [3.05, 3.63) is 70.2 Å². The van der Waals surface area contributed by atoms with Crippen LogP contribution in [0.25, 0.3) is 0 Å². The highest BCUT2D eigenvalue weighted by Crippen LogP contribution is 2.17. The standard InChI is InChI=1S/C20H24BrN3O2/c1-15(16-5-3-2-4-6-16)11-12-23-20(26)24-14-13-22-19(25)17-7-9-18(21)10-8-17/h2-10,15H,11-14H2,1H3,(H,22,25)(H2,23,24,26). The van der Waals surface area contributed by atoms with E-state index in [-0.39, 0.29) is 11.9 Å². The highest BCUT2D eigenvalue weighted by Gasteiger charge is 2.07. The molecule has 1 unspecified atom stereocenters. The molecular formula is C20H24BrN3O2. The van der Waals surface area contributed by atoms with Crippen molar-refractivity contribution in [2.45, 2.75) is 19.3 Å². The van der Waals surface area contributed by atoms with Crippen molar-refractivity contribution in [3.63, 3.8) is 0 Å². The van der Waals surface area contributed by atoms with Crippen LogP contribution in [0.3, 0.4) is 0 Å². The number of carbonyl (C=O) groups is 2. The number of carbonyl (C=O) groups excluding carboxylic acids is 2. The summed E-state index contributed by atoms with van der Waals surface area (Å²) in [6, 6.07) is 17.1. The lowest BCUT2D eigenvalue weighted by molar-refractivity contribution is 0.0954. The lowest BCUT2D eigenvalue weighted by Gasteiger charge is -2.13. The molecule has 0 aromatic heterocycles. The minimum Gasteiger partial charge on any atom is -0.350 e. The van der Waals surface area contributed by atoms with E-state index in [1.165, 1.54) is 5.56 Å². The second kappa shape index (κ2) is 10.6. The molecule has 0 radical (unpaired) electrons. The molecule has 5 nitrogen and oxygen atoms in total. The number of hydrogen-bond donors (Lipinski definition) is 3. The third-order valence-electron chi connectivity index (χ3n) is 4.03. The highest BCUT2D eigenvalue weighted by molar-refractivity contribution is 9.10. The van der Waals surface area contributed by atoms with Crippen LogP contribution in [0.5, 0.6) is 0 Å². The first-order chi connectivity index (χ1) is 12.6. The summed E-state index contributed by atoms with van der Waals surface area (Å²) in [4.78, 5) is 23.7. The van der Waals surface area contributed by atoms with Crippen LogP contribution in [0, 0.1) is 0 Å². The van der Waals surface area contributed by atoms with Crippen LogP contribution in [0.15, 0.2) is 59.1 Å². The van der Waals surface area contributed by atoms with Crippen molar-refractivity contribution in [1.82, 2.24) is 16.0 Å². The average Bonchev–Trinajstić information content (AvgIpc) is 2.66. The molecule has 0 spiro atoms. The summed E-state index contributed by atoms with van der Waals surface area (Å²) in [5, 5.41) is 8.35. The van der Waals surface area contributed by atoms with E-state index in [1.54, 1.807) is 12.1 Å². The molecule has 2 aromatic rings. The van der Waals surface area contributed by atoms with Gasteiger partial charge in [0.25, 0.3) is 5.91 Å². The van der Waals surface area contributed by atoms with Crippen LogP contribution in [0.2, 0.25) is 0 Å². The van der Waals surface area contributed by atoms with Gasteiger partial charge in [-0.1, -0.05) is 53.2 Å². The lowest BCUT2D eigenvalue weighted by Crippen LogP contribution is -2.40. The molecule has 0 aliphatic carbocycles.